The summed E-state index contributed by atoms with van der Waals surface area (Å²) in [4.78, 5) is 0. The number of hydrogen-bond donors (Lipinski definition) is 0. The van der Waals surface area contributed by atoms with Crippen molar-refractivity contribution in [2.24, 2.45) is 0 Å². The maximum absolute atomic E-state index is 9.00. The Labute approximate surface area is 93.7 Å². The Hall–Kier alpha value is -2.58. The third kappa shape index (κ3) is 1.65. The zero-order valence-electron chi connectivity index (χ0n) is 8.51. The van der Waals surface area contributed by atoms with E-state index in [-0.39, 0.29) is 0 Å². The first kappa shape index (κ1) is 9.96. The van der Waals surface area contributed by atoms with Crippen molar-refractivity contribution in [1.29, 1.82) is 10.5 Å². The highest BCUT2D eigenvalue weighted by Crippen LogP contribution is 2.24. The molecule has 0 atom stereocenters. The van der Waals surface area contributed by atoms with E-state index >= 15 is 0 Å². The molecule has 0 saturated heterocycles. The van der Waals surface area contributed by atoms with Crippen LogP contribution in [0.1, 0.15) is 5.56 Å². The Morgan fingerprint density at radius 2 is 1.75 bits per heavy atom. The molecule has 0 amide bonds. The van der Waals surface area contributed by atoms with Gasteiger partial charge < -0.3 is 0 Å². The van der Waals surface area contributed by atoms with Crippen molar-refractivity contribution >= 4 is 16.3 Å². The third-order valence-electron chi connectivity index (χ3n) is 2.41. The highest BCUT2D eigenvalue weighted by molar-refractivity contribution is 5.97. The average Bonchev–Trinajstić information content (AvgIpc) is 2.35. The SMILES string of the molecule is N#C/C=C(\C#N)c1cccc2ccccc12. The van der Waals surface area contributed by atoms with Gasteiger partial charge in [-0.15, -0.1) is 0 Å². The van der Waals surface area contributed by atoms with E-state index in [9.17, 15) is 0 Å². The van der Waals surface area contributed by atoms with Crippen molar-refractivity contribution in [1.82, 2.24) is 0 Å². The molecule has 0 fully saturated rings. The summed E-state index contributed by atoms with van der Waals surface area (Å²) in [6, 6.07) is 17.5. The van der Waals surface area contributed by atoms with Crippen LogP contribution >= 0.6 is 0 Å². The lowest BCUT2D eigenvalue weighted by atomic mass is 9.99. The van der Waals surface area contributed by atoms with Gasteiger partial charge in [-0.3, -0.25) is 0 Å². The van der Waals surface area contributed by atoms with Gasteiger partial charge in [0.1, 0.15) is 6.07 Å². The third-order valence-corrected chi connectivity index (χ3v) is 2.41. The van der Waals surface area contributed by atoms with Crippen LogP contribution in [-0.2, 0) is 0 Å². The van der Waals surface area contributed by atoms with Gasteiger partial charge in [0, 0.05) is 11.6 Å². The molecule has 0 aliphatic carbocycles. The van der Waals surface area contributed by atoms with Crippen molar-refractivity contribution < 1.29 is 0 Å². The van der Waals surface area contributed by atoms with Gasteiger partial charge in [-0.05, 0) is 10.8 Å². The fourth-order valence-corrected chi connectivity index (χ4v) is 1.70. The molecular weight excluding hydrogens is 196 g/mol. The molecule has 0 saturated carbocycles. The minimum atomic E-state index is 0.402. The summed E-state index contributed by atoms with van der Waals surface area (Å²) in [6.45, 7) is 0. The summed E-state index contributed by atoms with van der Waals surface area (Å²) in [5.74, 6) is 0. The van der Waals surface area contributed by atoms with Crippen LogP contribution in [0.25, 0.3) is 16.3 Å². The summed E-state index contributed by atoms with van der Waals surface area (Å²) in [7, 11) is 0. The predicted molar refractivity (Wildman–Crippen MR) is 63.2 cm³/mol. The molecule has 2 rings (SSSR count). The zero-order valence-corrected chi connectivity index (χ0v) is 8.51. The van der Waals surface area contributed by atoms with Crippen LogP contribution < -0.4 is 0 Å². The van der Waals surface area contributed by atoms with E-state index in [2.05, 4.69) is 6.07 Å². The Morgan fingerprint density at radius 1 is 1.00 bits per heavy atom. The summed E-state index contributed by atoms with van der Waals surface area (Å²) >= 11 is 0. The van der Waals surface area contributed by atoms with Crippen molar-refractivity contribution in [3.05, 3.63) is 54.1 Å². The number of hydrogen-bond acceptors (Lipinski definition) is 2. The van der Waals surface area contributed by atoms with E-state index < -0.39 is 0 Å². The minimum absolute atomic E-state index is 0.402. The lowest BCUT2D eigenvalue weighted by molar-refractivity contribution is 1.51. The summed E-state index contributed by atoms with van der Waals surface area (Å²) in [5.41, 5.74) is 1.21. The first-order valence-corrected chi connectivity index (χ1v) is 4.85. The minimum Gasteiger partial charge on any atom is -0.193 e. The molecule has 0 spiro atoms. The van der Waals surface area contributed by atoms with Crippen molar-refractivity contribution in [3.63, 3.8) is 0 Å². The first-order valence-electron chi connectivity index (χ1n) is 4.85. The van der Waals surface area contributed by atoms with Crippen LogP contribution in [0, 0.1) is 22.7 Å². The second kappa shape index (κ2) is 4.29. The molecule has 0 radical (unpaired) electrons. The van der Waals surface area contributed by atoms with Gasteiger partial charge in [-0.25, -0.2) is 0 Å². The lowest BCUT2D eigenvalue weighted by Gasteiger charge is -2.03. The van der Waals surface area contributed by atoms with Crippen molar-refractivity contribution in [2.45, 2.75) is 0 Å². The monoisotopic (exact) mass is 204 g/mol. The summed E-state index contributed by atoms with van der Waals surface area (Å²) < 4.78 is 0. The molecule has 2 nitrogen and oxygen atoms in total. The number of nitriles is 2. The largest absolute Gasteiger partial charge is 0.193 e. The van der Waals surface area contributed by atoms with E-state index in [4.69, 9.17) is 10.5 Å². The first-order chi connectivity index (χ1) is 7.86. The fraction of sp³-hybridized carbons (Fsp3) is 0. The van der Waals surface area contributed by atoms with Crippen LogP contribution in [0.2, 0.25) is 0 Å². The van der Waals surface area contributed by atoms with Gasteiger partial charge in [-0.1, -0.05) is 42.5 Å². The molecular formula is C14H8N2. The molecule has 0 aliphatic rings. The molecule has 2 aromatic carbocycles. The van der Waals surface area contributed by atoms with Gasteiger partial charge in [0.15, 0.2) is 0 Å². The van der Waals surface area contributed by atoms with Gasteiger partial charge in [0.2, 0.25) is 0 Å². The molecule has 2 heteroatoms. The van der Waals surface area contributed by atoms with Crippen LogP contribution in [0.15, 0.2) is 48.5 Å². The van der Waals surface area contributed by atoms with Crippen molar-refractivity contribution in [3.8, 4) is 12.1 Å². The maximum atomic E-state index is 9.00. The summed E-state index contributed by atoms with van der Waals surface area (Å²) in [6.07, 6.45) is 1.28. The molecule has 0 unspecified atom stereocenters. The fourth-order valence-electron chi connectivity index (χ4n) is 1.70. The van der Waals surface area contributed by atoms with Gasteiger partial charge >= 0.3 is 0 Å². The van der Waals surface area contributed by atoms with Gasteiger partial charge in [-0.2, -0.15) is 10.5 Å². The second-order valence-electron chi connectivity index (χ2n) is 3.33. The topological polar surface area (TPSA) is 47.6 Å². The Kier molecular flexibility index (Phi) is 2.67. The molecule has 0 aromatic heterocycles. The van der Waals surface area contributed by atoms with E-state index in [1.807, 2.05) is 48.5 Å². The standard InChI is InChI=1S/C14H8N2/c15-9-8-12(10-16)14-7-3-5-11-4-1-2-6-13(11)14/h1-8H/b12-8+. The Bertz CT molecular complexity index is 634. The average molecular weight is 204 g/mol. The molecule has 0 heterocycles. The van der Waals surface area contributed by atoms with E-state index in [0.29, 0.717) is 5.57 Å². The molecule has 0 aliphatic heterocycles. The quantitative estimate of drug-likeness (QED) is 0.669. The number of benzene rings is 2. The van der Waals surface area contributed by atoms with Crippen LogP contribution in [-0.4, -0.2) is 0 Å². The Morgan fingerprint density at radius 3 is 2.50 bits per heavy atom. The predicted octanol–water partition coefficient (Wildman–Crippen LogP) is 3.27. The normalized spacial score (nSPS) is 10.8. The van der Waals surface area contributed by atoms with Gasteiger partial charge in [0.25, 0.3) is 0 Å². The highest BCUT2D eigenvalue weighted by Gasteiger charge is 2.04. The second-order valence-corrected chi connectivity index (χ2v) is 3.33. The van der Waals surface area contributed by atoms with E-state index in [1.165, 1.54) is 6.08 Å². The number of allylic oxidation sites excluding steroid dienone is 2. The number of rotatable bonds is 1. The number of nitrogens with zero attached hydrogens (tertiary/aromatic N) is 2. The van der Waals surface area contributed by atoms with Crippen LogP contribution in [0.4, 0.5) is 0 Å². The van der Waals surface area contributed by atoms with Crippen molar-refractivity contribution in [2.75, 3.05) is 0 Å². The molecule has 0 bridgehead atoms. The zero-order chi connectivity index (χ0) is 11.4. The van der Waals surface area contributed by atoms with E-state index in [0.717, 1.165) is 16.3 Å². The van der Waals surface area contributed by atoms with Gasteiger partial charge in [0.05, 0.1) is 11.6 Å². The molecule has 16 heavy (non-hydrogen) atoms. The Balaban J connectivity index is 2.76. The molecule has 0 N–H and O–H groups in total. The smallest absolute Gasteiger partial charge is 0.101 e. The lowest BCUT2D eigenvalue weighted by Crippen LogP contribution is -1.84. The highest BCUT2D eigenvalue weighted by atomic mass is 14.3. The summed E-state index contributed by atoms with van der Waals surface area (Å²) in [5, 5.41) is 19.7. The molecule has 2 aromatic rings. The number of fused-ring (bicyclic) bond motifs is 1. The molecule has 74 valence electrons. The maximum Gasteiger partial charge on any atom is 0.101 e. The van der Waals surface area contributed by atoms with Crippen LogP contribution in [0.3, 0.4) is 0 Å². The van der Waals surface area contributed by atoms with Crippen LogP contribution in [0.5, 0.6) is 0 Å². The van der Waals surface area contributed by atoms with E-state index in [1.54, 1.807) is 0 Å².